The van der Waals surface area contributed by atoms with Gasteiger partial charge in [0.2, 0.25) is 0 Å². The first-order valence-corrected chi connectivity index (χ1v) is 5.20. The summed E-state index contributed by atoms with van der Waals surface area (Å²) in [4.78, 5) is 18.1. The summed E-state index contributed by atoms with van der Waals surface area (Å²) in [5, 5.41) is 13.6. The van der Waals surface area contributed by atoms with Crippen molar-refractivity contribution < 1.29 is 4.92 Å². The monoisotopic (exact) mass is 245 g/mol. The molecule has 0 saturated carbocycles. The van der Waals surface area contributed by atoms with E-state index in [1.165, 1.54) is 24.5 Å². The Hall–Kier alpha value is -2.70. The Bertz CT molecular complexity index is 556. The van der Waals surface area contributed by atoms with E-state index in [4.69, 9.17) is 5.73 Å². The van der Waals surface area contributed by atoms with Crippen LogP contribution in [-0.4, -0.2) is 14.9 Å². The number of benzene rings is 1. The molecule has 2 aromatic rings. The molecule has 0 unspecified atom stereocenters. The van der Waals surface area contributed by atoms with Crippen LogP contribution in [0.5, 0.6) is 0 Å². The van der Waals surface area contributed by atoms with Crippen LogP contribution in [0.4, 0.5) is 17.3 Å². The predicted octanol–water partition coefficient (Wildman–Crippen LogP) is 1.58. The number of nitro groups is 1. The quantitative estimate of drug-likeness (QED) is 0.625. The van der Waals surface area contributed by atoms with Crippen LogP contribution >= 0.6 is 0 Å². The van der Waals surface area contributed by atoms with Gasteiger partial charge < -0.3 is 11.1 Å². The fourth-order valence-electron chi connectivity index (χ4n) is 1.40. The Morgan fingerprint density at radius 1 is 1.33 bits per heavy atom. The fraction of sp³-hybridized carbons (Fsp3) is 0.0909. The van der Waals surface area contributed by atoms with Crippen molar-refractivity contribution in [3.63, 3.8) is 0 Å². The van der Waals surface area contributed by atoms with Gasteiger partial charge in [-0.15, -0.1) is 0 Å². The normalized spacial score (nSPS) is 10.0. The molecule has 0 aliphatic rings. The van der Waals surface area contributed by atoms with Gasteiger partial charge in [0, 0.05) is 18.7 Å². The number of nitrogens with zero attached hydrogens (tertiary/aromatic N) is 3. The maximum atomic E-state index is 10.6. The van der Waals surface area contributed by atoms with Gasteiger partial charge in [-0.3, -0.25) is 10.1 Å². The number of nitrogens with two attached hydrogens (primary N) is 1. The number of nitrogen functional groups attached to an aromatic ring is 1. The number of nitrogens with one attached hydrogen (secondary N) is 1. The lowest BCUT2D eigenvalue weighted by molar-refractivity contribution is -0.384. The van der Waals surface area contributed by atoms with Crippen molar-refractivity contribution in [3.8, 4) is 0 Å². The Morgan fingerprint density at radius 2 is 2.17 bits per heavy atom. The summed E-state index contributed by atoms with van der Waals surface area (Å²) >= 11 is 0. The number of rotatable bonds is 4. The third-order valence-electron chi connectivity index (χ3n) is 2.27. The summed E-state index contributed by atoms with van der Waals surface area (Å²) in [6.45, 7) is 0.431. The first-order chi connectivity index (χ1) is 8.65. The molecule has 1 aromatic heterocycles. The van der Waals surface area contributed by atoms with Gasteiger partial charge >= 0.3 is 0 Å². The minimum absolute atomic E-state index is 0.0673. The highest BCUT2D eigenvalue weighted by Crippen LogP contribution is 2.14. The van der Waals surface area contributed by atoms with Gasteiger partial charge in [0.25, 0.3) is 5.69 Å². The van der Waals surface area contributed by atoms with Crippen molar-refractivity contribution in [3.05, 3.63) is 52.3 Å². The predicted molar refractivity (Wildman–Crippen MR) is 66.9 cm³/mol. The number of non-ortho nitro benzene ring substituents is 1. The molecule has 0 aliphatic carbocycles. The molecule has 7 nitrogen and oxygen atoms in total. The van der Waals surface area contributed by atoms with Gasteiger partial charge in [-0.05, 0) is 5.56 Å². The van der Waals surface area contributed by atoms with Gasteiger partial charge in [0.1, 0.15) is 11.6 Å². The second kappa shape index (κ2) is 5.09. The van der Waals surface area contributed by atoms with Crippen LogP contribution in [-0.2, 0) is 6.54 Å². The molecule has 0 aliphatic heterocycles. The van der Waals surface area contributed by atoms with E-state index in [-0.39, 0.29) is 5.69 Å². The topological polar surface area (TPSA) is 107 Å². The minimum atomic E-state index is -0.424. The smallest absolute Gasteiger partial charge is 0.269 e. The SMILES string of the molecule is Nc1cnc(NCc2cccc([N+](=O)[O-])c2)cn1. The third-order valence-corrected chi connectivity index (χ3v) is 2.27. The summed E-state index contributed by atoms with van der Waals surface area (Å²) in [7, 11) is 0. The van der Waals surface area contributed by atoms with Crippen molar-refractivity contribution in [1.29, 1.82) is 0 Å². The Labute approximate surface area is 103 Å². The highest BCUT2D eigenvalue weighted by Gasteiger charge is 2.05. The molecule has 1 heterocycles. The number of aromatic nitrogens is 2. The van der Waals surface area contributed by atoms with Crippen LogP contribution in [0.2, 0.25) is 0 Å². The van der Waals surface area contributed by atoms with Gasteiger partial charge in [-0.2, -0.15) is 0 Å². The first-order valence-electron chi connectivity index (χ1n) is 5.20. The molecule has 2 rings (SSSR count). The fourth-order valence-corrected chi connectivity index (χ4v) is 1.40. The van der Waals surface area contributed by atoms with Crippen molar-refractivity contribution in [1.82, 2.24) is 9.97 Å². The average molecular weight is 245 g/mol. The van der Waals surface area contributed by atoms with E-state index < -0.39 is 4.92 Å². The molecule has 18 heavy (non-hydrogen) atoms. The highest BCUT2D eigenvalue weighted by molar-refractivity contribution is 5.39. The maximum absolute atomic E-state index is 10.6. The van der Waals surface area contributed by atoms with Crippen LogP contribution in [0, 0.1) is 10.1 Å². The van der Waals surface area contributed by atoms with Gasteiger partial charge in [-0.1, -0.05) is 12.1 Å². The van der Waals surface area contributed by atoms with Crippen molar-refractivity contribution >= 4 is 17.3 Å². The molecule has 0 saturated heterocycles. The second-order valence-electron chi connectivity index (χ2n) is 3.61. The van der Waals surface area contributed by atoms with Crippen LogP contribution in [0.15, 0.2) is 36.7 Å². The second-order valence-corrected chi connectivity index (χ2v) is 3.61. The number of nitro benzene ring substituents is 1. The van der Waals surface area contributed by atoms with Crippen molar-refractivity contribution in [2.75, 3.05) is 11.1 Å². The average Bonchev–Trinajstić information content (AvgIpc) is 2.38. The largest absolute Gasteiger partial charge is 0.382 e. The van der Waals surface area contributed by atoms with Gasteiger partial charge in [0.15, 0.2) is 0 Å². The van der Waals surface area contributed by atoms with Crippen LogP contribution in [0.3, 0.4) is 0 Å². The van der Waals surface area contributed by atoms with Gasteiger partial charge in [-0.25, -0.2) is 9.97 Å². The minimum Gasteiger partial charge on any atom is -0.382 e. The van der Waals surface area contributed by atoms with Crippen LogP contribution in [0.25, 0.3) is 0 Å². The lowest BCUT2D eigenvalue weighted by Gasteiger charge is -2.05. The van der Waals surface area contributed by atoms with E-state index in [1.54, 1.807) is 12.1 Å². The van der Waals surface area contributed by atoms with E-state index in [9.17, 15) is 10.1 Å². The Morgan fingerprint density at radius 3 is 2.83 bits per heavy atom. The van der Waals surface area contributed by atoms with Crippen LogP contribution in [0.1, 0.15) is 5.56 Å². The van der Waals surface area contributed by atoms with E-state index >= 15 is 0 Å². The summed E-state index contributed by atoms with van der Waals surface area (Å²) < 4.78 is 0. The van der Waals surface area contributed by atoms with Crippen molar-refractivity contribution in [2.24, 2.45) is 0 Å². The molecular weight excluding hydrogens is 234 g/mol. The summed E-state index contributed by atoms with van der Waals surface area (Å²) in [6.07, 6.45) is 2.95. The Kier molecular flexibility index (Phi) is 3.33. The molecule has 0 amide bonds. The number of anilines is 2. The summed E-state index contributed by atoms with van der Waals surface area (Å²) in [6, 6.07) is 6.40. The molecule has 7 heteroatoms. The Balaban J connectivity index is 2.04. The lowest BCUT2D eigenvalue weighted by atomic mass is 10.2. The molecule has 0 fully saturated rings. The molecule has 3 N–H and O–H groups in total. The highest BCUT2D eigenvalue weighted by atomic mass is 16.6. The molecule has 1 aromatic carbocycles. The first kappa shape index (κ1) is 11.8. The maximum Gasteiger partial charge on any atom is 0.269 e. The number of hydrogen-bond acceptors (Lipinski definition) is 6. The molecule has 0 atom stereocenters. The lowest BCUT2D eigenvalue weighted by Crippen LogP contribution is -2.03. The number of hydrogen-bond donors (Lipinski definition) is 2. The molecule has 0 spiro atoms. The van der Waals surface area contributed by atoms with E-state index in [0.29, 0.717) is 18.2 Å². The standard InChI is InChI=1S/C11H11N5O2/c12-10-6-15-11(7-13-10)14-5-8-2-1-3-9(4-8)16(17)18/h1-4,6-7H,5H2,(H2,12,13)(H,14,15). The zero-order chi connectivity index (χ0) is 13.0. The van der Waals surface area contributed by atoms with E-state index in [2.05, 4.69) is 15.3 Å². The summed E-state index contributed by atoms with van der Waals surface area (Å²) in [5.41, 5.74) is 6.27. The molecule has 92 valence electrons. The van der Waals surface area contributed by atoms with E-state index in [1.807, 2.05) is 0 Å². The zero-order valence-electron chi connectivity index (χ0n) is 9.41. The zero-order valence-corrected chi connectivity index (χ0v) is 9.41. The third kappa shape index (κ3) is 2.91. The van der Waals surface area contributed by atoms with Gasteiger partial charge in [0.05, 0.1) is 17.3 Å². The van der Waals surface area contributed by atoms with Crippen LogP contribution < -0.4 is 11.1 Å². The van der Waals surface area contributed by atoms with Crippen molar-refractivity contribution in [2.45, 2.75) is 6.54 Å². The molecular formula is C11H11N5O2. The van der Waals surface area contributed by atoms with E-state index in [0.717, 1.165) is 5.56 Å². The summed E-state index contributed by atoms with van der Waals surface area (Å²) in [5.74, 6) is 0.909. The molecule has 0 bridgehead atoms. The molecule has 0 radical (unpaired) electrons.